The number of hydrogen-bond acceptors (Lipinski definition) is 3. The van der Waals surface area contributed by atoms with E-state index in [1.807, 2.05) is 75.4 Å². The Labute approximate surface area is 177 Å². The summed E-state index contributed by atoms with van der Waals surface area (Å²) in [6.07, 6.45) is 0. The maximum Gasteiger partial charge on any atom is 0.251 e. The zero-order valence-corrected chi connectivity index (χ0v) is 17.5. The van der Waals surface area contributed by atoms with E-state index in [0.29, 0.717) is 11.3 Å². The number of hydrogen-bond donors (Lipinski definition) is 3. The van der Waals surface area contributed by atoms with Gasteiger partial charge in [0.15, 0.2) is 0 Å². The van der Waals surface area contributed by atoms with Crippen molar-refractivity contribution >= 4 is 23.2 Å². The monoisotopic (exact) mass is 401 g/mol. The summed E-state index contributed by atoms with van der Waals surface area (Å²) in [6.45, 7) is 6.00. The summed E-state index contributed by atoms with van der Waals surface area (Å²) < 4.78 is 0. The van der Waals surface area contributed by atoms with Crippen molar-refractivity contribution in [3.8, 4) is 0 Å². The molecule has 0 aromatic heterocycles. The number of para-hydroxylation sites is 1. The number of benzene rings is 3. The molecule has 0 fully saturated rings. The highest BCUT2D eigenvalue weighted by molar-refractivity contribution is 5.97. The number of anilines is 2. The summed E-state index contributed by atoms with van der Waals surface area (Å²) in [6, 6.07) is 22.8. The average Bonchev–Trinajstić information content (AvgIpc) is 2.75. The molecule has 3 aromatic rings. The third kappa shape index (κ3) is 5.47. The van der Waals surface area contributed by atoms with Crippen molar-refractivity contribution in [2.75, 3.05) is 17.2 Å². The maximum absolute atomic E-state index is 12.6. The van der Waals surface area contributed by atoms with Gasteiger partial charge in [-0.05, 0) is 55.7 Å². The zero-order chi connectivity index (χ0) is 21.5. The largest absolute Gasteiger partial charge is 0.376 e. The quantitative estimate of drug-likeness (QED) is 0.530. The predicted molar refractivity (Wildman–Crippen MR) is 122 cm³/mol. The van der Waals surface area contributed by atoms with Gasteiger partial charge in [0.05, 0.1) is 12.6 Å². The van der Waals surface area contributed by atoms with Gasteiger partial charge >= 0.3 is 0 Å². The van der Waals surface area contributed by atoms with Gasteiger partial charge in [-0.25, -0.2) is 0 Å². The Morgan fingerprint density at radius 1 is 0.867 bits per heavy atom. The van der Waals surface area contributed by atoms with Crippen LogP contribution in [0.15, 0.2) is 72.8 Å². The second-order valence-corrected chi connectivity index (χ2v) is 7.36. The van der Waals surface area contributed by atoms with E-state index < -0.39 is 0 Å². The first-order valence-electron chi connectivity index (χ1n) is 10.00. The SMILES string of the molecule is Cc1cccc(C)c1NC(=O)CNc1cccc(C(=O)NC(C)c2ccccc2)c1. The molecule has 0 radical (unpaired) electrons. The molecule has 5 nitrogen and oxygen atoms in total. The summed E-state index contributed by atoms with van der Waals surface area (Å²) in [5.74, 6) is -0.296. The van der Waals surface area contributed by atoms with Crippen molar-refractivity contribution in [1.29, 1.82) is 0 Å². The van der Waals surface area contributed by atoms with Crippen LogP contribution in [0.25, 0.3) is 0 Å². The Bertz CT molecular complexity index is 1010. The minimum atomic E-state index is -0.157. The number of carbonyl (C=O) groups is 2. The van der Waals surface area contributed by atoms with Crippen molar-refractivity contribution < 1.29 is 9.59 Å². The van der Waals surface area contributed by atoms with Crippen molar-refractivity contribution in [2.45, 2.75) is 26.8 Å². The maximum atomic E-state index is 12.6. The normalized spacial score (nSPS) is 11.4. The van der Waals surface area contributed by atoms with Crippen LogP contribution in [-0.2, 0) is 4.79 Å². The van der Waals surface area contributed by atoms with E-state index in [-0.39, 0.29) is 24.4 Å². The molecule has 0 spiro atoms. The fourth-order valence-electron chi connectivity index (χ4n) is 3.25. The van der Waals surface area contributed by atoms with E-state index in [0.717, 1.165) is 22.4 Å². The molecular weight excluding hydrogens is 374 g/mol. The molecule has 0 saturated heterocycles. The fourth-order valence-corrected chi connectivity index (χ4v) is 3.25. The Morgan fingerprint density at radius 3 is 2.23 bits per heavy atom. The molecule has 30 heavy (non-hydrogen) atoms. The average molecular weight is 402 g/mol. The molecule has 5 heteroatoms. The molecule has 1 unspecified atom stereocenters. The van der Waals surface area contributed by atoms with Gasteiger partial charge in [-0.1, -0.05) is 54.6 Å². The minimum Gasteiger partial charge on any atom is -0.376 e. The van der Waals surface area contributed by atoms with Crippen LogP contribution in [0.5, 0.6) is 0 Å². The van der Waals surface area contributed by atoms with Crippen LogP contribution in [0.4, 0.5) is 11.4 Å². The summed E-state index contributed by atoms with van der Waals surface area (Å²) >= 11 is 0. The van der Waals surface area contributed by atoms with Gasteiger partial charge in [-0.2, -0.15) is 0 Å². The molecule has 0 heterocycles. The summed E-state index contributed by atoms with van der Waals surface area (Å²) in [5.41, 5.74) is 5.18. The van der Waals surface area contributed by atoms with Crippen LogP contribution in [0, 0.1) is 13.8 Å². The van der Waals surface area contributed by atoms with Crippen molar-refractivity contribution in [1.82, 2.24) is 5.32 Å². The molecule has 0 bridgehead atoms. The van der Waals surface area contributed by atoms with Crippen LogP contribution < -0.4 is 16.0 Å². The third-order valence-corrected chi connectivity index (χ3v) is 4.97. The fraction of sp³-hybridized carbons (Fsp3) is 0.200. The molecule has 3 aromatic carbocycles. The molecule has 0 aliphatic heterocycles. The molecule has 3 N–H and O–H groups in total. The van der Waals surface area contributed by atoms with E-state index in [4.69, 9.17) is 0 Å². The Kier molecular flexibility index (Phi) is 6.86. The van der Waals surface area contributed by atoms with Crippen molar-refractivity contribution in [2.24, 2.45) is 0 Å². The molecule has 1 atom stereocenters. The lowest BCUT2D eigenvalue weighted by Gasteiger charge is -2.15. The second-order valence-electron chi connectivity index (χ2n) is 7.36. The highest BCUT2D eigenvalue weighted by Crippen LogP contribution is 2.19. The van der Waals surface area contributed by atoms with Crippen LogP contribution in [0.3, 0.4) is 0 Å². The number of nitrogens with one attached hydrogen (secondary N) is 3. The summed E-state index contributed by atoms with van der Waals surface area (Å²) in [4.78, 5) is 25.0. The predicted octanol–water partition coefficient (Wildman–Crippen LogP) is 4.85. The topological polar surface area (TPSA) is 70.2 Å². The van der Waals surface area contributed by atoms with Gasteiger partial charge in [0.25, 0.3) is 5.91 Å². The van der Waals surface area contributed by atoms with E-state index >= 15 is 0 Å². The van der Waals surface area contributed by atoms with Gasteiger partial charge in [0.2, 0.25) is 5.91 Å². The van der Waals surface area contributed by atoms with Gasteiger partial charge in [-0.15, -0.1) is 0 Å². The molecule has 0 aliphatic rings. The van der Waals surface area contributed by atoms with Crippen molar-refractivity contribution in [3.63, 3.8) is 0 Å². The number of carbonyl (C=O) groups excluding carboxylic acids is 2. The molecule has 3 rings (SSSR count). The number of rotatable bonds is 7. The van der Waals surface area contributed by atoms with E-state index in [2.05, 4.69) is 16.0 Å². The standard InChI is InChI=1S/C25H27N3O2/c1-17-9-7-10-18(2)24(17)28-23(29)16-26-22-14-8-13-21(15-22)25(30)27-19(3)20-11-5-4-6-12-20/h4-15,19,26H,16H2,1-3H3,(H,27,30)(H,28,29). The highest BCUT2D eigenvalue weighted by atomic mass is 16.2. The molecule has 0 saturated carbocycles. The molecule has 154 valence electrons. The summed E-state index contributed by atoms with van der Waals surface area (Å²) in [7, 11) is 0. The molecule has 2 amide bonds. The van der Waals surface area contributed by atoms with Gasteiger partial charge in [0, 0.05) is 16.9 Å². The van der Waals surface area contributed by atoms with Crippen LogP contribution in [-0.4, -0.2) is 18.4 Å². The van der Waals surface area contributed by atoms with Crippen LogP contribution in [0.2, 0.25) is 0 Å². The minimum absolute atomic E-state index is 0.0987. The first kappa shape index (κ1) is 21.1. The lowest BCUT2D eigenvalue weighted by Crippen LogP contribution is -2.27. The Balaban J connectivity index is 1.58. The first-order chi connectivity index (χ1) is 14.4. The zero-order valence-electron chi connectivity index (χ0n) is 17.5. The molecule has 0 aliphatic carbocycles. The van der Waals surface area contributed by atoms with Crippen LogP contribution in [0.1, 0.15) is 40.0 Å². The summed E-state index contributed by atoms with van der Waals surface area (Å²) in [5, 5.41) is 9.05. The lowest BCUT2D eigenvalue weighted by atomic mass is 10.1. The van der Waals surface area contributed by atoms with Gasteiger partial charge in [-0.3, -0.25) is 9.59 Å². The van der Waals surface area contributed by atoms with Crippen molar-refractivity contribution in [3.05, 3.63) is 95.1 Å². The van der Waals surface area contributed by atoms with E-state index in [9.17, 15) is 9.59 Å². The number of aryl methyl sites for hydroxylation is 2. The Morgan fingerprint density at radius 2 is 1.53 bits per heavy atom. The van der Waals surface area contributed by atoms with E-state index in [1.165, 1.54) is 0 Å². The second kappa shape index (κ2) is 9.74. The van der Waals surface area contributed by atoms with Crippen LogP contribution >= 0.6 is 0 Å². The van der Waals surface area contributed by atoms with Gasteiger partial charge in [0.1, 0.15) is 0 Å². The molecular formula is C25H27N3O2. The lowest BCUT2D eigenvalue weighted by molar-refractivity contribution is -0.114. The smallest absolute Gasteiger partial charge is 0.251 e. The Hall–Kier alpha value is -3.60. The van der Waals surface area contributed by atoms with E-state index in [1.54, 1.807) is 18.2 Å². The van der Waals surface area contributed by atoms with Gasteiger partial charge < -0.3 is 16.0 Å². The first-order valence-corrected chi connectivity index (χ1v) is 10.00. The third-order valence-electron chi connectivity index (χ3n) is 4.97. The number of amides is 2. The highest BCUT2D eigenvalue weighted by Gasteiger charge is 2.12.